The van der Waals surface area contributed by atoms with E-state index in [1.165, 1.54) is 0 Å². The minimum absolute atomic E-state index is 0.290. The molecule has 17 heavy (non-hydrogen) atoms. The Balaban J connectivity index is 2.17. The van der Waals surface area contributed by atoms with Crippen molar-refractivity contribution in [1.82, 2.24) is 0 Å². The van der Waals surface area contributed by atoms with E-state index in [4.69, 9.17) is 9.15 Å². The van der Waals surface area contributed by atoms with E-state index in [1.807, 2.05) is 18.2 Å². The molecular formula is C13H13BrO3. The third-order valence-electron chi connectivity index (χ3n) is 2.39. The lowest BCUT2D eigenvalue weighted by Gasteiger charge is -2.04. The lowest BCUT2D eigenvalue weighted by molar-refractivity contribution is 0.295. The van der Waals surface area contributed by atoms with Gasteiger partial charge in [0.1, 0.15) is 5.58 Å². The van der Waals surface area contributed by atoms with Gasteiger partial charge in [-0.25, -0.2) is 4.79 Å². The Hall–Kier alpha value is -1.29. The smallest absolute Gasteiger partial charge is 0.379 e. The molecule has 2 rings (SSSR count). The first-order valence-corrected chi connectivity index (χ1v) is 6.65. The molecule has 1 aromatic carbocycles. The lowest BCUT2D eigenvalue weighted by atomic mass is 10.2. The first-order chi connectivity index (χ1) is 8.31. The Morgan fingerprint density at radius 3 is 2.88 bits per heavy atom. The SMILES string of the molecule is O=c1oc2ccccc2cc1OCCCCBr. The average molecular weight is 297 g/mol. The van der Waals surface area contributed by atoms with Crippen LogP contribution in [0.2, 0.25) is 0 Å². The Morgan fingerprint density at radius 1 is 1.24 bits per heavy atom. The maximum absolute atomic E-state index is 11.6. The topological polar surface area (TPSA) is 39.4 Å². The molecule has 0 saturated heterocycles. The molecule has 4 heteroatoms. The molecule has 0 saturated carbocycles. The van der Waals surface area contributed by atoms with Crippen LogP contribution < -0.4 is 10.4 Å². The van der Waals surface area contributed by atoms with Gasteiger partial charge >= 0.3 is 5.63 Å². The van der Waals surface area contributed by atoms with Crippen molar-refractivity contribution in [3.05, 3.63) is 40.8 Å². The molecule has 2 aromatic rings. The zero-order chi connectivity index (χ0) is 12.1. The molecule has 0 atom stereocenters. The highest BCUT2D eigenvalue weighted by molar-refractivity contribution is 9.09. The van der Waals surface area contributed by atoms with Gasteiger partial charge in [-0.3, -0.25) is 0 Å². The zero-order valence-electron chi connectivity index (χ0n) is 9.32. The van der Waals surface area contributed by atoms with Crippen molar-refractivity contribution >= 4 is 26.9 Å². The lowest BCUT2D eigenvalue weighted by Crippen LogP contribution is -2.08. The normalized spacial score (nSPS) is 10.6. The largest absolute Gasteiger partial charge is 0.487 e. The van der Waals surface area contributed by atoms with Crippen LogP contribution >= 0.6 is 15.9 Å². The van der Waals surface area contributed by atoms with E-state index in [9.17, 15) is 4.79 Å². The molecule has 3 nitrogen and oxygen atoms in total. The van der Waals surface area contributed by atoms with E-state index < -0.39 is 5.63 Å². The summed E-state index contributed by atoms with van der Waals surface area (Å²) >= 11 is 3.35. The van der Waals surface area contributed by atoms with E-state index >= 15 is 0 Å². The molecule has 0 aliphatic rings. The van der Waals surface area contributed by atoms with Gasteiger partial charge in [0.15, 0.2) is 0 Å². The van der Waals surface area contributed by atoms with Gasteiger partial charge < -0.3 is 9.15 Å². The van der Waals surface area contributed by atoms with Gasteiger partial charge in [0, 0.05) is 10.7 Å². The molecule has 1 aromatic heterocycles. The number of benzene rings is 1. The number of rotatable bonds is 5. The summed E-state index contributed by atoms with van der Waals surface area (Å²) in [6.45, 7) is 0.536. The first kappa shape index (κ1) is 12.2. The van der Waals surface area contributed by atoms with Gasteiger partial charge in [-0.15, -0.1) is 0 Å². The Kier molecular flexibility index (Phi) is 4.20. The van der Waals surface area contributed by atoms with Crippen LogP contribution in [-0.2, 0) is 0 Å². The van der Waals surface area contributed by atoms with E-state index in [-0.39, 0.29) is 0 Å². The number of hydrogen-bond acceptors (Lipinski definition) is 3. The van der Waals surface area contributed by atoms with Gasteiger partial charge in [0.2, 0.25) is 5.75 Å². The van der Waals surface area contributed by atoms with Crippen LogP contribution in [0.25, 0.3) is 11.0 Å². The van der Waals surface area contributed by atoms with Crippen LogP contribution in [0.15, 0.2) is 39.5 Å². The molecule has 0 amide bonds. The minimum Gasteiger partial charge on any atom is -0.487 e. The summed E-state index contributed by atoms with van der Waals surface area (Å²) in [6.07, 6.45) is 1.94. The van der Waals surface area contributed by atoms with E-state index in [1.54, 1.807) is 12.1 Å². The van der Waals surface area contributed by atoms with Crippen molar-refractivity contribution in [2.24, 2.45) is 0 Å². The van der Waals surface area contributed by atoms with E-state index in [2.05, 4.69) is 15.9 Å². The van der Waals surface area contributed by atoms with Crippen molar-refractivity contribution in [1.29, 1.82) is 0 Å². The number of para-hydroxylation sites is 1. The van der Waals surface area contributed by atoms with Crippen LogP contribution in [0.1, 0.15) is 12.8 Å². The van der Waals surface area contributed by atoms with Crippen LogP contribution in [-0.4, -0.2) is 11.9 Å². The van der Waals surface area contributed by atoms with Crippen molar-refractivity contribution in [2.75, 3.05) is 11.9 Å². The highest BCUT2D eigenvalue weighted by Crippen LogP contribution is 2.16. The number of halogens is 1. The van der Waals surface area contributed by atoms with E-state index in [0.29, 0.717) is 17.9 Å². The van der Waals surface area contributed by atoms with Gasteiger partial charge in [-0.2, -0.15) is 0 Å². The van der Waals surface area contributed by atoms with Gasteiger partial charge in [-0.1, -0.05) is 34.1 Å². The number of fused-ring (bicyclic) bond motifs is 1. The fourth-order valence-corrected chi connectivity index (χ4v) is 1.92. The fraction of sp³-hybridized carbons (Fsp3) is 0.308. The second-order valence-electron chi connectivity index (χ2n) is 3.68. The van der Waals surface area contributed by atoms with Crippen LogP contribution in [0.4, 0.5) is 0 Å². The molecular weight excluding hydrogens is 284 g/mol. The molecule has 0 aliphatic carbocycles. The summed E-state index contributed by atoms with van der Waals surface area (Å²) in [5.41, 5.74) is 0.174. The molecule has 0 fully saturated rings. The highest BCUT2D eigenvalue weighted by Gasteiger charge is 2.05. The predicted octanol–water partition coefficient (Wildman–Crippen LogP) is 3.35. The molecule has 0 aliphatic heterocycles. The summed E-state index contributed by atoms with van der Waals surface area (Å²) in [4.78, 5) is 11.6. The second kappa shape index (κ2) is 5.87. The molecule has 90 valence electrons. The van der Waals surface area contributed by atoms with Gasteiger partial charge in [0.25, 0.3) is 0 Å². The van der Waals surface area contributed by atoms with Crippen molar-refractivity contribution in [3.8, 4) is 5.75 Å². The summed E-state index contributed by atoms with van der Waals surface area (Å²) in [7, 11) is 0. The number of hydrogen-bond donors (Lipinski definition) is 0. The maximum Gasteiger partial charge on any atom is 0.379 e. The first-order valence-electron chi connectivity index (χ1n) is 5.53. The Morgan fingerprint density at radius 2 is 2.06 bits per heavy atom. The molecule has 0 unspecified atom stereocenters. The monoisotopic (exact) mass is 296 g/mol. The van der Waals surface area contributed by atoms with Gasteiger partial charge in [-0.05, 0) is 25.0 Å². The molecule has 1 heterocycles. The van der Waals surface area contributed by atoms with Crippen LogP contribution in [0.3, 0.4) is 0 Å². The summed E-state index contributed by atoms with van der Waals surface area (Å²) in [5.74, 6) is 0.290. The highest BCUT2D eigenvalue weighted by atomic mass is 79.9. The summed E-state index contributed by atoms with van der Waals surface area (Å²) < 4.78 is 10.6. The maximum atomic E-state index is 11.6. The standard InChI is InChI=1S/C13H13BrO3/c14-7-3-4-8-16-12-9-10-5-1-2-6-11(10)17-13(12)15/h1-2,5-6,9H,3-4,7-8H2. The fourth-order valence-electron chi connectivity index (χ4n) is 1.52. The Labute approximate surface area is 108 Å². The third-order valence-corrected chi connectivity index (χ3v) is 2.96. The van der Waals surface area contributed by atoms with Crippen LogP contribution in [0.5, 0.6) is 5.75 Å². The molecule has 0 N–H and O–H groups in total. The Bertz CT molecular complexity index is 548. The third kappa shape index (κ3) is 3.09. The van der Waals surface area contributed by atoms with E-state index in [0.717, 1.165) is 23.6 Å². The molecule has 0 spiro atoms. The van der Waals surface area contributed by atoms with Crippen molar-refractivity contribution < 1.29 is 9.15 Å². The average Bonchev–Trinajstić information content (AvgIpc) is 2.35. The van der Waals surface area contributed by atoms with Crippen molar-refractivity contribution in [3.63, 3.8) is 0 Å². The minimum atomic E-state index is -0.414. The predicted molar refractivity (Wildman–Crippen MR) is 71.0 cm³/mol. The number of unbranched alkanes of at least 4 members (excludes halogenated alkanes) is 1. The molecule has 0 radical (unpaired) electrons. The number of alkyl halides is 1. The summed E-state index contributed by atoms with van der Waals surface area (Å²) in [5, 5.41) is 1.82. The van der Waals surface area contributed by atoms with Crippen LogP contribution in [0, 0.1) is 0 Å². The van der Waals surface area contributed by atoms with Crippen molar-refractivity contribution in [2.45, 2.75) is 12.8 Å². The zero-order valence-corrected chi connectivity index (χ0v) is 10.9. The number of ether oxygens (including phenoxy) is 1. The quantitative estimate of drug-likeness (QED) is 0.482. The molecule has 0 bridgehead atoms. The van der Waals surface area contributed by atoms with Gasteiger partial charge in [0.05, 0.1) is 6.61 Å². The summed E-state index contributed by atoms with van der Waals surface area (Å²) in [6, 6.07) is 9.13. The second-order valence-corrected chi connectivity index (χ2v) is 4.47.